The van der Waals surface area contributed by atoms with Crippen molar-refractivity contribution in [1.29, 1.82) is 0 Å². The second kappa shape index (κ2) is 14.3. The van der Waals surface area contributed by atoms with Gasteiger partial charge < -0.3 is 19.7 Å². The highest BCUT2D eigenvalue weighted by Crippen LogP contribution is 2.42. The summed E-state index contributed by atoms with van der Waals surface area (Å²) in [6.45, 7) is 9.70. The molecule has 2 amide bonds. The highest BCUT2D eigenvalue weighted by atomic mass is 16.5. The average Bonchev–Trinajstić information content (AvgIpc) is 3.05. The fraction of sp³-hybridized carbons (Fsp3) is 0.444. The Hall–Kier alpha value is -3.88. The fourth-order valence-corrected chi connectivity index (χ4v) is 6.61. The van der Waals surface area contributed by atoms with E-state index < -0.39 is 0 Å². The van der Waals surface area contributed by atoms with Crippen molar-refractivity contribution in [3.63, 3.8) is 0 Å². The normalized spacial score (nSPS) is 17.3. The number of likely N-dealkylation sites (tertiary alicyclic amines) is 1. The molecule has 2 fully saturated rings. The third kappa shape index (κ3) is 7.42. The van der Waals surface area contributed by atoms with Gasteiger partial charge in [0.1, 0.15) is 11.5 Å². The first-order chi connectivity index (χ1) is 21.3. The zero-order valence-electron chi connectivity index (χ0n) is 26.6. The first kappa shape index (κ1) is 31.5. The number of hydrogen-bond acceptors (Lipinski definition) is 6. The summed E-state index contributed by atoms with van der Waals surface area (Å²) < 4.78 is 10.9. The lowest BCUT2D eigenvalue weighted by Crippen LogP contribution is -2.51. The number of methoxy groups -OCH3 is 2. The number of hydrogen-bond donors (Lipinski definition) is 1. The van der Waals surface area contributed by atoms with Gasteiger partial charge in [0.05, 0.1) is 20.8 Å². The Bertz CT molecular complexity index is 1330. The molecule has 0 bridgehead atoms. The van der Waals surface area contributed by atoms with Gasteiger partial charge in [0.15, 0.2) is 0 Å². The van der Waals surface area contributed by atoms with E-state index >= 15 is 0 Å². The van der Waals surface area contributed by atoms with E-state index in [0.29, 0.717) is 38.3 Å². The van der Waals surface area contributed by atoms with Crippen LogP contribution < -0.4 is 14.8 Å². The number of rotatable bonds is 10. The molecule has 44 heavy (non-hydrogen) atoms. The minimum absolute atomic E-state index is 0.0364. The highest BCUT2D eigenvalue weighted by molar-refractivity contribution is 5.94. The number of nitrogens with one attached hydrogen (secondary N) is 1. The molecule has 0 spiro atoms. The predicted octanol–water partition coefficient (Wildman–Crippen LogP) is 4.57. The number of ether oxygens (including phenoxy) is 2. The molecular formula is C36H46N4O4. The van der Waals surface area contributed by atoms with Crippen molar-refractivity contribution in [2.45, 2.75) is 44.7 Å². The monoisotopic (exact) mass is 598 g/mol. The van der Waals surface area contributed by atoms with Crippen LogP contribution >= 0.6 is 0 Å². The summed E-state index contributed by atoms with van der Waals surface area (Å²) in [5, 5.41) is 2.94. The topological polar surface area (TPSA) is 74.4 Å². The second-order valence-electron chi connectivity index (χ2n) is 12.3. The van der Waals surface area contributed by atoms with Crippen LogP contribution in [0.3, 0.4) is 0 Å². The van der Waals surface area contributed by atoms with Gasteiger partial charge >= 0.3 is 0 Å². The minimum Gasteiger partial charge on any atom is -0.497 e. The summed E-state index contributed by atoms with van der Waals surface area (Å²) in [5.74, 6) is 1.81. The smallest absolute Gasteiger partial charge is 0.253 e. The van der Waals surface area contributed by atoms with Crippen molar-refractivity contribution >= 4 is 11.8 Å². The lowest BCUT2D eigenvalue weighted by atomic mass is 9.69. The number of amides is 2. The van der Waals surface area contributed by atoms with Crippen LogP contribution in [-0.4, -0.2) is 92.6 Å². The summed E-state index contributed by atoms with van der Waals surface area (Å²) in [7, 11) is 3.40. The molecule has 2 saturated heterocycles. The largest absolute Gasteiger partial charge is 0.497 e. The molecule has 0 unspecified atom stereocenters. The molecule has 3 aromatic carbocycles. The molecule has 234 valence electrons. The third-order valence-corrected chi connectivity index (χ3v) is 8.94. The van der Waals surface area contributed by atoms with Gasteiger partial charge in [-0.05, 0) is 86.3 Å². The van der Waals surface area contributed by atoms with Crippen molar-refractivity contribution in [3.8, 4) is 11.5 Å². The van der Waals surface area contributed by atoms with E-state index in [1.54, 1.807) is 14.2 Å². The van der Waals surface area contributed by atoms with Gasteiger partial charge in [-0.3, -0.25) is 19.4 Å². The first-order valence-corrected chi connectivity index (χ1v) is 15.7. The third-order valence-electron chi connectivity index (χ3n) is 8.94. The van der Waals surface area contributed by atoms with Crippen molar-refractivity contribution in [2.24, 2.45) is 0 Å². The average molecular weight is 599 g/mol. The number of piperazine rings is 1. The Morgan fingerprint density at radius 1 is 0.773 bits per heavy atom. The van der Waals surface area contributed by atoms with Crippen molar-refractivity contribution < 1.29 is 19.1 Å². The van der Waals surface area contributed by atoms with Gasteiger partial charge in [0.2, 0.25) is 5.91 Å². The van der Waals surface area contributed by atoms with Crippen LogP contribution in [0.2, 0.25) is 0 Å². The maximum atomic E-state index is 13.3. The van der Waals surface area contributed by atoms with E-state index in [0.717, 1.165) is 44.0 Å². The van der Waals surface area contributed by atoms with Crippen molar-refractivity contribution in [2.75, 3.05) is 60.0 Å². The van der Waals surface area contributed by atoms with Crippen molar-refractivity contribution in [1.82, 2.24) is 20.0 Å². The summed E-state index contributed by atoms with van der Waals surface area (Å²) in [6.07, 6.45) is 2.14. The zero-order chi connectivity index (χ0) is 31.1. The summed E-state index contributed by atoms with van der Waals surface area (Å²) >= 11 is 0. The molecule has 5 rings (SSSR count). The quantitative estimate of drug-likeness (QED) is 0.369. The maximum absolute atomic E-state index is 13.3. The molecule has 8 heteroatoms. The van der Waals surface area contributed by atoms with Gasteiger partial charge in [-0.15, -0.1) is 0 Å². The van der Waals surface area contributed by atoms with E-state index in [9.17, 15) is 9.59 Å². The Balaban J connectivity index is 1.24. The molecule has 2 aliphatic rings. The minimum atomic E-state index is -0.149. The number of carbonyl (C=O) groups excluding carboxylic acids is 2. The molecule has 0 aliphatic carbocycles. The van der Waals surface area contributed by atoms with Crippen LogP contribution in [0.1, 0.15) is 53.7 Å². The first-order valence-electron chi connectivity index (χ1n) is 15.7. The maximum Gasteiger partial charge on any atom is 0.253 e. The Labute approximate surface area is 261 Å². The van der Waals surface area contributed by atoms with Crippen LogP contribution in [-0.2, 0) is 16.8 Å². The number of nitrogens with zero attached hydrogens (tertiary/aromatic N) is 3. The fourth-order valence-electron chi connectivity index (χ4n) is 6.61. The van der Waals surface area contributed by atoms with Crippen LogP contribution in [0.15, 0.2) is 72.8 Å². The zero-order valence-corrected chi connectivity index (χ0v) is 26.6. The molecule has 2 heterocycles. The lowest BCUT2D eigenvalue weighted by molar-refractivity contribution is -0.123. The van der Waals surface area contributed by atoms with E-state index in [1.807, 2.05) is 30.9 Å². The van der Waals surface area contributed by atoms with Gasteiger partial charge in [0, 0.05) is 56.3 Å². The molecule has 8 nitrogen and oxygen atoms in total. The Morgan fingerprint density at radius 2 is 1.34 bits per heavy atom. The van der Waals surface area contributed by atoms with Crippen LogP contribution in [0, 0.1) is 0 Å². The van der Waals surface area contributed by atoms with E-state index in [2.05, 4.69) is 75.8 Å². The molecular weight excluding hydrogens is 552 g/mol. The molecule has 1 N–H and O–H groups in total. The van der Waals surface area contributed by atoms with Gasteiger partial charge in [-0.25, -0.2) is 0 Å². The molecule has 0 radical (unpaired) electrons. The SMILES string of the molecule is COc1ccc(C2(c3ccc(OC)cc3)CCCN(Cc3ccc(C(=O)N4CCN(CC(=O)NC(C)C)CC4)cc3)C2)cc1. The number of carbonyl (C=O) groups is 2. The molecule has 3 aromatic rings. The molecule has 0 saturated carbocycles. The summed E-state index contributed by atoms with van der Waals surface area (Å²) in [4.78, 5) is 31.9. The molecule has 0 aromatic heterocycles. The number of piperidine rings is 1. The Morgan fingerprint density at radius 3 is 1.86 bits per heavy atom. The van der Waals surface area contributed by atoms with Crippen LogP contribution in [0.25, 0.3) is 0 Å². The van der Waals surface area contributed by atoms with E-state index in [4.69, 9.17) is 9.47 Å². The lowest BCUT2D eigenvalue weighted by Gasteiger charge is -2.44. The summed E-state index contributed by atoms with van der Waals surface area (Å²) in [6, 6.07) is 25.3. The standard InChI is InChI=1S/C36H46N4O4/c1-27(2)37-34(41)25-38-20-22-40(23-21-38)35(42)29-8-6-28(7-9-29)24-39-19-5-18-36(26-39,30-10-14-32(43-3)15-11-30)31-12-16-33(44-4)17-13-31/h6-17,27H,5,18-26H2,1-4H3,(H,37,41). The number of benzene rings is 3. The van der Waals surface area contributed by atoms with Gasteiger partial charge in [-0.1, -0.05) is 36.4 Å². The highest BCUT2D eigenvalue weighted by Gasteiger charge is 2.39. The summed E-state index contributed by atoms with van der Waals surface area (Å²) in [5.41, 5.74) is 4.33. The van der Waals surface area contributed by atoms with Gasteiger partial charge in [-0.2, -0.15) is 0 Å². The van der Waals surface area contributed by atoms with Crippen LogP contribution in [0.5, 0.6) is 11.5 Å². The molecule has 2 aliphatic heterocycles. The second-order valence-corrected chi connectivity index (χ2v) is 12.3. The van der Waals surface area contributed by atoms with Gasteiger partial charge in [0.25, 0.3) is 5.91 Å². The molecule has 0 atom stereocenters. The Kier molecular flexibility index (Phi) is 10.2. The van der Waals surface area contributed by atoms with Crippen molar-refractivity contribution in [3.05, 3.63) is 95.1 Å². The van der Waals surface area contributed by atoms with E-state index in [-0.39, 0.29) is 23.3 Å². The van der Waals surface area contributed by atoms with E-state index in [1.165, 1.54) is 16.7 Å². The predicted molar refractivity (Wildman–Crippen MR) is 173 cm³/mol. The van der Waals surface area contributed by atoms with Crippen LogP contribution in [0.4, 0.5) is 0 Å².